The van der Waals surface area contributed by atoms with Gasteiger partial charge in [-0.3, -0.25) is 0 Å². The van der Waals surface area contributed by atoms with Crippen LogP contribution in [0.2, 0.25) is 0 Å². The third-order valence-electron chi connectivity index (χ3n) is 14.3. The number of hydrogen-bond donors (Lipinski definition) is 0. The summed E-state index contributed by atoms with van der Waals surface area (Å²) in [7, 11) is 0. The Hall–Kier alpha value is -9.12. The number of benzene rings is 10. The van der Waals surface area contributed by atoms with Crippen LogP contribution in [0, 0.1) is 0 Å². The molecule has 0 spiro atoms. The van der Waals surface area contributed by atoms with Gasteiger partial charge in [0.1, 0.15) is 22.3 Å². The fraction of sp³-hybridized carbons (Fsp3) is 0. The minimum atomic E-state index is 0.889. The van der Waals surface area contributed by atoms with E-state index in [4.69, 9.17) is 8.83 Å². The zero-order valence-electron chi connectivity index (χ0n) is 36.7. The molecule has 0 aliphatic heterocycles. The van der Waals surface area contributed by atoms with Gasteiger partial charge in [0.15, 0.2) is 0 Å². The van der Waals surface area contributed by atoms with Gasteiger partial charge in [0.2, 0.25) is 0 Å². The lowest BCUT2D eigenvalue weighted by molar-refractivity contribution is 0.668. The van der Waals surface area contributed by atoms with E-state index in [-0.39, 0.29) is 0 Å². The summed E-state index contributed by atoms with van der Waals surface area (Å²) in [4.78, 5) is 0. The third-order valence-corrected chi connectivity index (χ3v) is 14.3. The Morgan fingerprint density at radius 3 is 1.09 bits per heavy atom. The maximum atomic E-state index is 6.38. The van der Waals surface area contributed by atoms with Gasteiger partial charge >= 0.3 is 0 Å². The van der Waals surface area contributed by atoms with E-state index >= 15 is 0 Å². The van der Waals surface area contributed by atoms with Crippen LogP contribution < -0.4 is 0 Å². The van der Waals surface area contributed by atoms with Crippen molar-refractivity contribution < 1.29 is 8.83 Å². The van der Waals surface area contributed by atoms with Crippen LogP contribution in [0.4, 0.5) is 0 Å². The Bertz CT molecular complexity index is 4120. The molecule has 0 radical (unpaired) electrons. The highest BCUT2D eigenvalue weighted by Gasteiger charge is 2.32. The zero-order valence-corrected chi connectivity index (χ0v) is 36.7. The molecule has 4 heteroatoms. The first-order valence-electron chi connectivity index (χ1n) is 23.2. The van der Waals surface area contributed by atoms with E-state index in [1.165, 1.54) is 44.2 Å². The molecule has 0 bridgehead atoms. The van der Waals surface area contributed by atoms with Gasteiger partial charge in [-0.1, -0.05) is 158 Å². The molecule has 0 unspecified atom stereocenters. The zero-order chi connectivity index (χ0) is 44.5. The number of rotatable bonds is 4. The fourth-order valence-corrected chi connectivity index (χ4v) is 11.3. The van der Waals surface area contributed by atoms with Crippen LogP contribution in [0.1, 0.15) is 0 Å². The van der Waals surface area contributed by atoms with Crippen LogP contribution in [0.15, 0.2) is 239 Å². The average Bonchev–Trinajstić information content (AvgIpc) is 4.15. The van der Waals surface area contributed by atoms with Crippen molar-refractivity contribution in [1.82, 2.24) is 9.13 Å². The molecule has 15 rings (SSSR count). The van der Waals surface area contributed by atoms with E-state index in [2.05, 4.69) is 215 Å². The van der Waals surface area contributed by atoms with E-state index in [1.54, 1.807) is 0 Å². The van der Waals surface area contributed by atoms with E-state index in [0.717, 1.165) is 99.9 Å². The van der Waals surface area contributed by atoms with Gasteiger partial charge in [-0.05, 0) is 106 Å². The fourth-order valence-electron chi connectivity index (χ4n) is 11.3. The van der Waals surface area contributed by atoms with Gasteiger partial charge in [0.25, 0.3) is 0 Å². The van der Waals surface area contributed by atoms with Gasteiger partial charge in [0, 0.05) is 65.9 Å². The summed E-state index contributed by atoms with van der Waals surface area (Å²) in [5, 5.41) is 6.94. The summed E-state index contributed by atoms with van der Waals surface area (Å²) >= 11 is 0. The molecule has 0 N–H and O–H groups in total. The van der Waals surface area contributed by atoms with Crippen LogP contribution in [-0.4, -0.2) is 9.13 Å². The van der Waals surface area contributed by atoms with Gasteiger partial charge in [-0.25, -0.2) is 0 Å². The lowest BCUT2D eigenvalue weighted by atomic mass is 9.84. The summed E-state index contributed by atoms with van der Waals surface area (Å²) in [6.07, 6.45) is 0. The summed E-state index contributed by atoms with van der Waals surface area (Å²) in [5.41, 5.74) is 22.0. The number of para-hydroxylation sites is 4. The number of furan rings is 2. The molecule has 0 fully saturated rings. The SMILES string of the molecule is c1cc(-c2ccc3c(c2)oc2ccccc23)cc(-n2c3c(c4ccccc42)-c2ccccc2-c2c(n(-c4cccc(-c5ccc6c(c5)oc5ccccc56)c4)c4ccccc24)-c2ccccc2-3)c1. The third kappa shape index (κ3) is 5.31. The molecule has 0 amide bonds. The molecule has 1 aliphatic carbocycles. The molecule has 0 saturated heterocycles. The first kappa shape index (κ1) is 37.1. The normalized spacial score (nSPS) is 12.1. The number of nitrogens with zero attached hydrogens (tertiary/aromatic N) is 2. The predicted molar refractivity (Wildman–Crippen MR) is 281 cm³/mol. The van der Waals surface area contributed by atoms with Gasteiger partial charge < -0.3 is 18.0 Å². The van der Waals surface area contributed by atoms with Crippen molar-refractivity contribution >= 4 is 65.7 Å². The highest BCUT2D eigenvalue weighted by Crippen LogP contribution is 2.55. The molecule has 4 aromatic heterocycles. The van der Waals surface area contributed by atoms with Crippen LogP contribution in [0.3, 0.4) is 0 Å². The lowest BCUT2D eigenvalue weighted by Gasteiger charge is -2.23. The van der Waals surface area contributed by atoms with Crippen LogP contribution in [0.25, 0.3) is 144 Å². The highest BCUT2D eigenvalue weighted by atomic mass is 16.3. The minimum absolute atomic E-state index is 0.889. The van der Waals surface area contributed by atoms with Gasteiger partial charge in [0.05, 0.1) is 22.4 Å². The smallest absolute Gasteiger partial charge is 0.136 e. The molecule has 68 heavy (non-hydrogen) atoms. The van der Waals surface area contributed by atoms with Crippen molar-refractivity contribution in [2.45, 2.75) is 0 Å². The quantitative estimate of drug-likeness (QED) is 0.177. The average molecular weight is 867 g/mol. The minimum Gasteiger partial charge on any atom is -0.456 e. The van der Waals surface area contributed by atoms with Gasteiger partial charge in [-0.2, -0.15) is 0 Å². The lowest BCUT2D eigenvalue weighted by Crippen LogP contribution is -2.04. The van der Waals surface area contributed by atoms with Crippen molar-refractivity contribution in [2.24, 2.45) is 0 Å². The number of aromatic nitrogens is 2. The van der Waals surface area contributed by atoms with Crippen molar-refractivity contribution in [2.75, 3.05) is 0 Å². The molecule has 1 aliphatic rings. The van der Waals surface area contributed by atoms with Crippen molar-refractivity contribution in [1.29, 1.82) is 0 Å². The molecular weight excluding hydrogens is 829 g/mol. The number of fused-ring (bicyclic) bond motifs is 18. The molecule has 316 valence electrons. The van der Waals surface area contributed by atoms with Crippen molar-refractivity contribution in [3.05, 3.63) is 231 Å². The Labute approximate surface area is 390 Å². The maximum absolute atomic E-state index is 6.38. The molecule has 0 saturated carbocycles. The summed E-state index contributed by atoms with van der Waals surface area (Å²) in [6, 6.07) is 83.6. The van der Waals surface area contributed by atoms with E-state index in [9.17, 15) is 0 Å². The second-order valence-electron chi connectivity index (χ2n) is 18.0. The summed E-state index contributed by atoms with van der Waals surface area (Å²) < 4.78 is 17.8. The second kappa shape index (κ2) is 14.2. The van der Waals surface area contributed by atoms with Crippen LogP contribution in [-0.2, 0) is 0 Å². The molecule has 4 nitrogen and oxygen atoms in total. The highest BCUT2D eigenvalue weighted by molar-refractivity contribution is 6.17. The largest absolute Gasteiger partial charge is 0.456 e. The monoisotopic (exact) mass is 866 g/mol. The predicted octanol–water partition coefficient (Wildman–Crippen LogP) is 17.7. The van der Waals surface area contributed by atoms with Gasteiger partial charge in [-0.15, -0.1) is 0 Å². The maximum Gasteiger partial charge on any atom is 0.136 e. The Balaban J connectivity index is 0.979. The van der Waals surface area contributed by atoms with Crippen LogP contribution in [0.5, 0.6) is 0 Å². The van der Waals surface area contributed by atoms with Crippen molar-refractivity contribution in [3.8, 4) is 78.4 Å². The Kier molecular flexibility index (Phi) is 7.75. The van der Waals surface area contributed by atoms with E-state index < -0.39 is 0 Å². The van der Waals surface area contributed by atoms with Crippen LogP contribution >= 0.6 is 0 Å². The number of hydrogen-bond acceptors (Lipinski definition) is 2. The molecule has 14 aromatic rings. The first-order chi connectivity index (χ1) is 33.7. The van der Waals surface area contributed by atoms with E-state index in [0.29, 0.717) is 0 Å². The Morgan fingerprint density at radius 1 is 0.250 bits per heavy atom. The second-order valence-corrected chi connectivity index (χ2v) is 18.0. The topological polar surface area (TPSA) is 36.1 Å². The van der Waals surface area contributed by atoms with E-state index in [1.807, 2.05) is 24.3 Å². The molecule has 4 heterocycles. The molecule has 0 atom stereocenters. The summed E-state index contributed by atoms with van der Waals surface area (Å²) in [5.74, 6) is 0. The van der Waals surface area contributed by atoms with Crippen molar-refractivity contribution in [3.63, 3.8) is 0 Å². The first-order valence-corrected chi connectivity index (χ1v) is 23.2. The summed E-state index contributed by atoms with van der Waals surface area (Å²) in [6.45, 7) is 0. The Morgan fingerprint density at radius 2 is 0.618 bits per heavy atom. The molecular formula is C64H38N2O2. The standard InChI is InChI=1S/C64H38N2O2/c1-2-22-50-49(21-1)61-53-25-5-9-27-55(53)65(43-17-13-15-39(35-43)41-31-33-47-45-19-7-11-29-57(45)67-59(47)37-41)63(61)51-23-3-4-24-52(51)64-62(50)54-26-6-10-28-56(54)66(64)44-18-14-16-40(36-44)42-32-34-48-46-20-8-12-30-58(46)68-60(48)38-42/h1-38H. The molecule has 10 aromatic carbocycles.